The van der Waals surface area contributed by atoms with Crippen molar-refractivity contribution in [1.82, 2.24) is 10.2 Å². The third-order valence-electron chi connectivity index (χ3n) is 4.34. The number of methoxy groups -OCH3 is 1. The smallest absolute Gasteiger partial charge is 0.244 e. The van der Waals surface area contributed by atoms with Gasteiger partial charge in [0.15, 0.2) is 11.5 Å². The molecule has 6 heteroatoms. The average Bonchev–Trinajstić information content (AvgIpc) is 2.75. The van der Waals surface area contributed by atoms with Crippen LogP contribution in [0.1, 0.15) is 31.9 Å². The van der Waals surface area contributed by atoms with Crippen molar-refractivity contribution in [1.29, 1.82) is 0 Å². The van der Waals surface area contributed by atoms with Crippen molar-refractivity contribution in [3.8, 4) is 11.5 Å². The van der Waals surface area contributed by atoms with Gasteiger partial charge in [0.05, 0.1) is 19.8 Å². The minimum absolute atomic E-state index is 0.0354. The molecule has 2 amide bonds. The average molecular weight is 411 g/mol. The summed E-state index contributed by atoms with van der Waals surface area (Å²) in [5.74, 6) is 0.791. The summed E-state index contributed by atoms with van der Waals surface area (Å²) in [7, 11) is 1.57. The molecule has 0 bridgehead atoms. The maximum Gasteiger partial charge on any atom is 0.244 e. The molecular weight excluding hydrogens is 380 g/mol. The van der Waals surface area contributed by atoms with Gasteiger partial charge in [0.1, 0.15) is 0 Å². The fourth-order valence-electron chi connectivity index (χ4n) is 2.82. The van der Waals surface area contributed by atoms with Crippen LogP contribution in [0.5, 0.6) is 11.5 Å². The first-order chi connectivity index (χ1) is 14.4. The summed E-state index contributed by atoms with van der Waals surface area (Å²) in [6, 6.07) is 15.2. The second kappa shape index (κ2) is 11.7. The molecule has 0 aliphatic heterocycles. The van der Waals surface area contributed by atoms with E-state index in [9.17, 15) is 9.59 Å². The molecular formula is C24H30N2O4. The highest BCUT2D eigenvalue weighted by molar-refractivity contribution is 5.94. The molecule has 2 aromatic carbocycles. The number of nitrogens with one attached hydrogen (secondary N) is 1. The van der Waals surface area contributed by atoms with Crippen molar-refractivity contribution in [3.63, 3.8) is 0 Å². The molecule has 0 heterocycles. The molecule has 1 N–H and O–H groups in total. The molecule has 0 unspecified atom stereocenters. The first-order valence-corrected chi connectivity index (χ1v) is 10.0. The summed E-state index contributed by atoms with van der Waals surface area (Å²) >= 11 is 0. The molecule has 0 aliphatic carbocycles. The first-order valence-electron chi connectivity index (χ1n) is 10.0. The third-order valence-corrected chi connectivity index (χ3v) is 4.34. The van der Waals surface area contributed by atoms with E-state index in [1.807, 2.05) is 63.2 Å². The van der Waals surface area contributed by atoms with Crippen LogP contribution in [-0.2, 0) is 16.1 Å². The lowest BCUT2D eigenvalue weighted by Gasteiger charge is -2.21. The molecule has 2 aromatic rings. The van der Waals surface area contributed by atoms with Crippen LogP contribution in [0.15, 0.2) is 54.6 Å². The fourth-order valence-corrected chi connectivity index (χ4v) is 2.82. The SMILES string of the molecule is CCN(Cc1ccccc1)C(=O)CNC(=O)/C=C/c1ccc(OC(C)C)c(OC)c1. The highest BCUT2D eigenvalue weighted by atomic mass is 16.5. The Kier molecular flexibility index (Phi) is 8.94. The topological polar surface area (TPSA) is 67.9 Å². The molecule has 0 spiro atoms. The molecule has 0 radical (unpaired) electrons. The number of amides is 2. The standard InChI is InChI=1S/C24H30N2O4/c1-5-26(17-20-9-7-6-8-10-20)24(28)16-25-23(27)14-12-19-11-13-21(30-18(2)3)22(15-19)29-4/h6-15,18H,5,16-17H2,1-4H3,(H,25,27)/b14-12+. The van der Waals surface area contributed by atoms with Gasteiger partial charge in [-0.05, 0) is 50.1 Å². The Morgan fingerprint density at radius 1 is 1.10 bits per heavy atom. The van der Waals surface area contributed by atoms with Crippen LogP contribution in [0, 0.1) is 0 Å². The number of ether oxygens (including phenoxy) is 2. The predicted octanol–water partition coefficient (Wildman–Crippen LogP) is 3.66. The van der Waals surface area contributed by atoms with E-state index in [0.717, 1.165) is 11.1 Å². The lowest BCUT2D eigenvalue weighted by atomic mass is 10.2. The summed E-state index contributed by atoms with van der Waals surface area (Å²) in [4.78, 5) is 26.3. The fraction of sp³-hybridized carbons (Fsp3) is 0.333. The Balaban J connectivity index is 1.90. The van der Waals surface area contributed by atoms with Gasteiger partial charge in [-0.2, -0.15) is 0 Å². The summed E-state index contributed by atoms with van der Waals surface area (Å²) < 4.78 is 11.0. The maximum absolute atomic E-state index is 12.4. The molecule has 160 valence electrons. The highest BCUT2D eigenvalue weighted by Crippen LogP contribution is 2.29. The summed E-state index contributed by atoms with van der Waals surface area (Å²) in [5, 5.41) is 2.65. The highest BCUT2D eigenvalue weighted by Gasteiger charge is 2.12. The molecule has 0 atom stereocenters. The van der Waals surface area contributed by atoms with E-state index in [0.29, 0.717) is 24.6 Å². The van der Waals surface area contributed by atoms with Crippen LogP contribution in [0.4, 0.5) is 0 Å². The molecule has 6 nitrogen and oxygen atoms in total. The van der Waals surface area contributed by atoms with Crippen LogP contribution in [0.3, 0.4) is 0 Å². The summed E-state index contributed by atoms with van der Waals surface area (Å²) in [6.07, 6.45) is 3.11. The van der Waals surface area contributed by atoms with Crippen LogP contribution in [-0.4, -0.2) is 43.0 Å². The van der Waals surface area contributed by atoms with Crippen LogP contribution < -0.4 is 14.8 Å². The van der Waals surface area contributed by atoms with Crippen LogP contribution in [0.25, 0.3) is 6.08 Å². The molecule has 0 aromatic heterocycles. The van der Waals surface area contributed by atoms with Gasteiger partial charge in [-0.3, -0.25) is 9.59 Å². The maximum atomic E-state index is 12.4. The second-order valence-electron chi connectivity index (χ2n) is 7.02. The number of carbonyl (C=O) groups excluding carboxylic acids is 2. The van der Waals surface area contributed by atoms with Crippen molar-refractivity contribution in [2.75, 3.05) is 20.2 Å². The largest absolute Gasteiger partial charge is 0.493 e. The number of benzene rings is 2. The Labute approximate surface area is 178 Å². The molecule has 0 fully saturated rings. The molecule has 0 aliphatic rings. The lowest BCUT2D eigenvalue weighted by molar-refractivity contribution is -0.132. The number of hydrogen-bond donors (Lipinski definition) is 1. The van der Waals surface area contributed by atoms with Gasteiger partial charge in [-0.25, -0.2) is 0 Å². The second-order valence-corrected chi connectivity index (χ2v) is 7.02. The zero-order chi connectivity index (χ0) is 21.9. The minimum atomic E-state index is -0.333. The monoisotopic (exact) mass is 410 g/mol. The Hall–Kier alpha value is -3.28. The number of carbonyl (C=O) groups is 2. The normalized spacial score (nSPS) is 10.8. The van der Waals surface area contributed by atoms with E-state index in [1.54, 1.807) is 24.2 Å². The molecule has 0 saturated carbocycles. The number of rotatable bonds is 10. The Morgan fingerprint density at radius 2 is 1.83 bits per heavy atom. The quantitative estimate of drug-likeness (QED) is 0.607. The Morgan fingerprint density at radius 3 is 2.47 bits per heavy atom. The van der Waals surface area contributed by atoms with Gasteiger partial charge in [-0.15, -0.1) is 0 Å². The predicted molar refractivity (Wildman–Crippen MR) is 118 cm³/mol. The third kappa shape index (κ3) is 7.28. The van der Waals surface area contributed by atoms with E-state index >= 15 is 0 Å². The zero-order valence-electron chi connectivity index (χ0n) is 18.1. The van der Waals surface area contributed by atoms with Gasteiger partial charge in [-0.1, -0.05) is 36.4 Å². The van der Waals surface area contributed by atoms with E-state index in [-0.39, 0.29) is 24.5 Å². The molecule has 0 saturated heterocycles. The van der Waals surface area contributed by atoms with E-state index in [4.69, 9.17) is 9.47 Å². The van der Waals surface area contributed by atoms with Crippen molar-refractivity contribution in [2.24, 2.45) is 0 Å². The van der Waals surface area contributed by atoms with Gasteiger partial charge in [0.25, 0.3) is 0 Å². The van der Waals surface area contributed by atoms with Gasteiger partial charge in [0, 0.05) is 19.2 Å². The van der Waals surface area contributed by atoms with Gasteiger partial charge < -0.3 is 19.7 Å². The van der Waals surface area contributed by atoms with Crippen molar-refractivity contribution < 1.29 is 19.1 Å². The van der Waals surface area contributed by atoms with Crippen LogP contribution in [0.2, 0.25) is 0 Å². The number of hydrogen-bond acceptors (Lipinski definition) is 4. The summed E-state index contributed by atoms with van der Waals surface area (Å²) in [5.41, 5.74) is 1.85. The first kappa shape index (κ1) is 23.0. The molecule has 30 heavy (non-hydrogen) atoms. The Bertz CT molecular complexity index is 863. The van der Waals surface area contributed by atoms with Crippen molar-refractivity contribution in [3.05, 3.63) is 65.7 Å². The van der Waals surface area contributed by atoms with E-state index in [1.165, 1.54) is 6.08 Å². The van der Waals surface area contributed by atoms with Gasteiger partial charge >= 0.3 is 0 Å². The van der Waals surface area contributed by atoms with E-state index < -0.39 is 0 Å². The lowest BCUT2D eigenvalue weighted by Crippen LogP contribution is -2.39. The van der Waals surface area contributed by atoms with Gasteiger partial charge in [0.2, 0.25) is 11.8 Å². The zero-order valence-corrected chi connectivity index (χ0v) is 18.1. The summed E-state index contributed by atoms with van der Waals surface area (Å²) in [6.45, 7) is 6.85. The van der Waals surface area contributed by atoms with Crippen molar-refractivity contribution in [2.45, 2.75) is 33.4 Å². The van der Waals surface area contributed by atoms with Crippen LogP contribution >= 0.6 is 0 Å². The van der Waals surface area contributed by atoms with E-state index in [2.05, 4.69) is 5.32 Å². The minimum Gasteiger partial charge on any atom is -0.493 e. The molecule has 2 rings (SSSR count). The van der Waals surface area contributed by atoms with Crippen molar-refractivity contribution >= 4 is 17.9 Å². The number of likely N-dealkylation sites (N-methyl/N-ethyl adjacent to an activating group) is 1. The number of nitrogens with zero attached hydrogens (tertiary/aromatic N) is 1.